The third-order valence-electron chi connectivity index (χ3n) is 0. The molecule has 0 rings (SSSR count). The van der Waals surface area contributed by atoms with Crippen LogP contribution in [0.2, 0.25) is 0 Å². The van der Waals surface area contributed by atoms with Gasteiger partial charge in [0.05, 0.1) is 0 Å². The van der Waals surface area contributed by atoms with Gasteiger partial charge in [-0.1, -0.05) is 13.8 Å². The molecule has 0 saturated carbocycles. The summed E-state index contributed by atoms with van der Waals surface area (Å²) >= 11 is -2.22. The monoisotopic (exact) mass is 269 g/mol. The van der Waals surface area contributed by atoms with Crippen LogP contribution >= 0.6 is 26.8 Å². The van der Waals surface area contributed by atoms with E-state index >= 15 is 0 Å². The minimum atomic E-state index is -2.22. The molecule has 0 atom stereocenters. The van der Waals surface area contributed by atoms with Crippen LogP contribution in [-0.2, 0) is 0 Å². The van der Waals surface area contributed by atoms with E-state index < -0.39 is 16.4 Å². The third-order valence-corrected chi connectivity index (χ3v) is 0. The zero-order chi connectivity index (χ0) is 6.28. The van der Waals surface area contributed by atoms with Gasteiger partial charge >= 0.3 is 43.1 Å². The van der Waals surface area contributed by atoms with Crippen LogP contribution in [-0.4, -0.2) is 16.4 Å². The fourth-order valence-corrected chi connectivity index (χ4v) is 0. The molecule has 0 fully saturated rings. The van der Waals surface area contributed by atoms with Crippen molar-refractivity contribution in [2.24, 2.45) is 0 Å². The summed E-state index contributed by atoms with van der Waals surface area (Å²) in [4.78, 5) is 0. The Balaban J connectivity index is 0. The first-order valence-corrected chi connectivity index (χ1v) is 14.3. The molecule has 0 spiro atoms. The van der Waals surface area contributed by atoms with Gasteiger partial charge in [0.1, 0.15) is 0 Å². The molecule has 0 aliphatic carbocycles. The Morgan fingerprint density at radius 1 is 1.14 bits per heavy atom. The summed E-state index contributed by atoms with van der Waals surface area (Å²) in [6.45, 7) is 4.00. The summed E-state index contributed by atoms with van der Waals surface area (Å²) in [6.07, 6.45) is 2.00. The molecule has 0 aliphatic rings. The second-order valence-corrected chi connectivity index (χ2v) is 15.5. The Hall–Kier alpha value is 1.67. The summed E-state index contributed by atoms with van der Waals surface area (Å²) in [6, 6.07) is 0. The molecule has 1 radical (unpaired) electrons. The van der Waals surface area contributed by atoms with Crippen molar-refractivity contribution in [2.75, 3.05) is 0 Å². The van der Waals surface area contributed by atoms with E-state index in [9.17, 15) is 0 Å². The number of halogens is 3. The fourth-order valence-electron chi connectivity index (χ4n) is 0. The summed E-state index contributed by atoms with van der Waals surface area (Å²) in [5.41, 5.74) is 0. The van der Waals surface area contributed by atoms with Crippen LogP contribution in [0.5, 0.6) is 0 Å². The van der Waals surface area contributed by atoms with Crippen molar-refractivity contribution in [3.05, 3.63) is 6.42 Å². The fraction of sp³-hybridized carbons (Fsp3) is 0.667. The van der Waals surface area contributed by atoms with Crippen LogP contribution in [0.25, 0.3) is 0 Å². The van der Waals surface area contributed by atoms with Crippen molar-refractivity contribution in [1.82, 2.24) is 0 Å². The van der Waals surface area contributed by atoms with Crippen molar-refractivity contribution < 1.29 is 0 Å². The summed E-state index contributed by atoms with van der Waals surface area (Å²) in [7, 11) is 15.0. The van der Waals surface area contributed by atoms with Gasteiger partial charge in [-0.25, -0.2) is 0 Å². The van der Waals surface area contributed by atoms with Gasteiger partial charge in [-0.05, 0) is 6.42 Å². The molecular weight excluding hydrogens is 261 g/mol. The third kappa shape index (κ3) is 88.5. The Labute approximate surface area is 63.0 Å². The van der Waals surface area contributed by atoms with E-state index in [0.717, 1.165) is 0 Å². The van der Waals surface area contributed by atoms with E-state index in [2.05, 4.69) is 0 Å². The summed E-state index contributed by atoms with van der Waals surface area (Å²) < 4.78 is 0. The normalized spacial score (nSPS) is 7.71. The molecule has 4 heteroatoms. The molecule has 0 aromatic carbocycles. The Kier molecular flexibility index (Phi) is 17.4. The molecule has 45 valence electrons. The van der Waals surface area contributed by atoms with Crippen molar-refractivity contribution in [3.8, 4) is 0 Å². The van der Waals surface area contributed by atoms with Crippen molar-refractivity contribution in [3.63, 3.8) is 0 Å². The molecule has 0 saturated heterocycles. The predicted octanol–water partition coefficient (Wildman–Crippen LogP) is 2.65. The summed E-state index contributed by atoms with van der Waals surface area (Å²) in [5, 5.41) is 0. The van der Waals surface area contributed by atoms with Gasteiger partial charge in [0, 0.05) is 0 Å². The topological polar surface area (TPSA) is 0 Å². The van der Waals surface area contributed by atoms with Gasteiger partial charge in [0.25, 0.3) is 0 Å². The van der Waals surface area contributed by atoms with E-state index in [-0.39, 0.29) is 0 Å². The second kappa shape index (κ2) is 10.6. The van der Waals surface area contributed by atoms with E-state index in [0.29, 0.717) is 0 Å². The van der Waals surface area contributed by atoms with Crippen molar-refractivity contribution in [2.45, 2.75) is 13.8 Å². The molecule has 0 aromatic rings. The number of hydrogen-bond acceptors (Lipinski definition) is 0. The van der Waals surface area contributed by atoms with Crippen LogP contribution in [0.15, 0.2) is 0 Å². The van der Waals surface area contributed by atoms with E-state index in [4.69, 9.17) is 26.8 Å². The van der Waals surface area contributed by atoms with E-state index in [1.165, 1.54) is 0 Å². The maximum absolute atomic E-state index is 5.02. The second-order valence-electron chi connectivity index (χ2n) is 0.825. The molecule has 0 N–H and O–H groups in total. The first kappa shape index (κ1) is 11.5. The maximum atomic E-state index is 5.02. The average molecular weight is 269 g/mol. The molecular formula is C3H8Cl3Sn. The Bertz CT molecular complexity index is 21.4. The molecule has 0 nitrogen and oxygen atoms in total. The Morgan fingerprint density at radius 2 is 1.14 bits per heavy atom. The number of hydrogen-bond donors (Lipinski definition) is 0. The van der Waals surface area contributed by atoms with Crippen LogP contribution in [0, 0.1) is 6.42 Å². The van der Waals surface area contributed by atoms with Crippen LogP contribution < -0.4 is 0 Å². The van der Waals surface area contributed by atoms with Crippen molar-refractivity contribution >= 4 is 43.1 Å². The molecule has 0 unspecified atom stereocenters. The van der Waals surface area contributed by atoms with Crippen LogP contribution in [0.4, 0.5) is 0 Å². The average Bonchev–Trinajstić information content (AvgIpc) is 1.33. The zero-order valence-electron chi connectivity index (χ0n) is 4.29. The molecule has 0 heterocycles. The standard InChI is InChI=1S/C3H7.3ClH.Sn.H/c1-3-2;;;;;/h3H,1-2H3;3*1H;;/q;;;;+3;/p-3. The van der Waals surface area contributed by atoms with Crippen LogP contribution in [0.3, 0.4) is 0 Å². The summed E-state index contributed by atoms with van der Waals surface area (Å²) in [5.74, 6) is 0. The SMILES string of the molecule is C[CH]C.[Cl][SnH]([Cl])[Cl]. The van der Waals surface area contributed by atoms with E-state index in [1.807, 2.05) is 20.3 Å². The molecule has 0 bridgehead atoms. The minimum absolute atomic E-state index is 2.00. The van der Waals surface area contributed by atoms with Gasteiger partial charge < -0.3 is 0 Å². The first-order chi connectivity index (χ1) is 3.15. The Morgan fingerprint density at radius 3 is 1.14 bits per heavy atom. The zero-order valence-corrected chi connectivity index (χ0v) is 9.85. The molecule has 7 heavy (non-hydrogen) atoms. The molecule has 0 amide bonds. The van der Waals surface area contributed by atoms with E-state index in [1.54, 1.807) is 0 Å². The van der Waals surface area contributed by atoms with Gasteiger partial charge in [-0.2, -0.15) is 0 Å². The number of rotatable bonds is 0. The van der Waals surface area contributed by atoms with Crippen LogP contribution in [0.1, 0.15) is 13.8 Å². The molecule has 0 aliphatic heterocycles. The van der Waals surface area contributed by atoms with Gasteiger partial charge in [0.2, 0.25) is 0 Å². The van der Waals surface area contributed by atoms with Gasteiger partial charge in [0.15, 0.2) is 0 Å². The molecule has 0 aromatic heterocycles. The van der Waals surface area contributed by atoms with Gasteiger partial charge in [-0.15, -0.1) is 0 Å². The van der Waals surface area contributed by atoms with Crippen molar-refractivity contribution in [1.29, 1.82) is 0 Å². The van der Waals surface area contributed by atoms with Gasteiger partial charge in [-0.3, -0.25) is 0 Å². The quantitative estimate of drug-likeness (QED) is 0.593. The first-order valence-electron chi connectivity index (χ1n) is 1.81. The predicted molar refractivity (Wildman–Crippen MR) is 40.4 cm³/mol.